The standard InChI is InChI=1S/C28H34N6O4/c29-27(32-16-18-37-20-19-36-17-15-31-26(35)23-9-5-2-6-10-23)34-28(30)33-24-11-13-25(14-12-24)38-21-22-7-3-1-4-8-22/h1-14H,15-21H2,(H,31,35)(H5,29,30,32,33,34). The largest absolute Gasteiger partial charge is 0.489 e. The van der Waals surface area contributed by atoms with Gasteiger partial charge in [-0.05, 0) is 42.0 Å². The van der Waals surface area contributed by atoms with Crippen LogP contribution in [0.3, 0.4) is 0 Å². The van der Waals surface area contributed by atoms with Crippen molar-refractivity contribution in [1.82, 2.24) is 5.32 Å². The molecule has 0 spiro atoms. The molecule has 0 atom stereocenters. The first-order chi connectivity index (χ1) is 18.6. The molecule has 10 heteroatoms. The molecule has 0 aromatic heterocycles. The molecule has 1 amide bonds. The summed E-state index contributed by atoms with van der Waals surface area (Å²) in [5.41, 5.74) is 14.2. The van der Waals surface area contributed by atoms with E-state index in [1.54, 1.807) is 12.1 Å². The summed E-state index contributed by atoms with van der Waals surface area (Å²) in [6, 6.07) is 26.3. The molecule has 0 aliphatic carbocycles. The lowest BCUT2D eigenvalue weighted by Crippen LogP contribution is -2.27. The van der Waals surface area contributed by atoms with Crippen molar-refractivity contribution in [3.8, 4) is 5.75 Å². The van der Waals surface area contributed by atoms with Gasteiger partial charge in [-0.15, -0.1) is 0 Å². The van der Waals surface area contributed by atoms with E-state index >= 15 is 0 Å². The van der Waals surface area contributed by atoms with E-state index in [-0.39, 0.29) is 17.8 Å². The number of nitrogens with zero attached hydrogens (tertiary/aromatic N) is 2. The van der Waals surface area contributed by atoms with Gasteiger partial charge in [-0.3, -0.25) is 4.79 Å². The molecular formula is C28H34N6O4. The number of aliphatic imine (C=N–C) groups is 2. The fraction of sp³-hybridized carbons (Fsp3) is 0.250. The van der Waals surface area contributed by atoms with Crippen LogP contribution in [0, 0.1) is 0 Å². The van der Waals surface area contributed by atoms with Crippen molar-refractivity contribution in [2.45, 2.75) is 6.61 Å². The summed E-state index contributed by atoms with van der Waals surface area (Å²) in [6.07, 6.45) is 0. The summed E-state index contributed by atoms with van der Waals surface area (Å²) in [7, 11) is 0. The number of guanidine groups is 2. The van der Waals surface area contributed by atoms with Crippen LogP contribution in [0.25, 0.3) is 0 Å². The quantitative estimate of drug-likeness (QED) is 0.146. The van der Waals surface area contributed by atoms with Gasteiger partial charge in [0.25, 0.3) is 5.91 Å². The number of amides is 1. The zero-order chi connectivity index (χ0) is 26.8. The molecule has 0 radical (unpaired) electrons. The van der Waals surface area contributed by atoms with Crippen LogP contribution >= 0.6 is 0 Å². The van der Waals surface area contributed by atoms with E-state index in [9.17, 15) is 4.79 Å². The van der Waals surface area contributed by atoms with Gasteiger partial charge in [0.05, 0.1) is 33.0 Å². The number of carbonyl (C=O) groups excluding carboxylic acids is 1. The highest BCUT2D eigenvalue weighted by Crippen LogP contribution is 2.17. The van der Waals surface area contributed by atoms with Crippen LogP contribution in [0.5, 0.6) is 5.75 Å². The third kappa shape index (κ3) is 11.1. The molecule has 3 aromatic rings. The Morgan fingerprint density at radius 1 is 0.789 bits per heavy atom. The molecule has 3 aromatic carbocycles. The first-order valence-electron chi connectivity index (χ1n) is 12.3. The minimum Gasteiger partial charge on any atom is -0.489 e. The van der Waals surface area contributed by atoms with Gasteiger partial charge in [0.15, 0.2) is 0 Å². The number of anilines is 1. The lowest BCUT2D eigenvalue weighted by atomic mass is 10.2. The van der Waals surface area contributed by atoms with Crippen molar-refractivity contribution in [1.29, 1.82) is 0 Å². The van der Waals surface area contributed by atoms with Gasteiger partial charge in [-0.1, -0.05) is 48.5 Å². The van der Waals surface area contributed by atoms with Gasteiger partial charge in [-0.2, -0.15) is 4.99 Å². The van der Waals surface area contributed by atoms with Gasteiger partial charge in [0, 0.05) is 17.8 Å². The molecule has 0 aliphatic heterocycles. The highest BCUT2D eigenvalue weighted by Gasteiger charge is 2.03. The molecule has 6 N–H and O–H groups in total. The third-order valence-corrected chi connectivity index (χ3v) is 5.06. The van der Waals surface area contributed by atoms with E-state index in [0.29, 0.717) is 51.7 Å². The molecular weight excluding hydrogens is 484 g/mol. The van der Waals surface area contributed by atoms with Crippen LogP contribution < -0.4 is 26.8 Å². The molecule has 0 unspecified atom stereocenters. The average Bonchev–Trinajstić information content (AvgIpc) is 2.94. The maximum absolute atomic E-state index is 11.9. The SMILES string of the molecule is NC(=NCCOCCOCCNC(=O)c1ccccc1)N=C(N)Nc1ccc(OCc2ccccc2)cc1. The highest BCUT2D eigenvalue weighted by atomic mass is 16.5. The summed E-state index contributed by atoms with van der Waals surface area (Å²) in [4.78, 5) is 20.1. The maximum atomic E-state index is 11.9. The molecule has 0 fully saturated rings. The number of benzene rings is 3. The van der Waals surface area contributed by atoms with Crippen LogP contribution in [-0.4, -0.2) is 57.3 Å². The number of rotatable bonds is 14. The topological polar surface area (TPSA) is 146 Å². The summed E-state index contributed by atoms with van der Waals surface area (Å²) in [6.45, 7) is 2.83. The van der Waals surface area contributed by atoms with Gasteiger partial charge < -0.3 is 36.3 Å². The normalized spacial score (nSPS) is 11.7. The Hall–Kier alpha value is -4.41. The van der Waals surface area contributed by atoms with E-state index in [4.69, 9.17) is 25.7 Å². The molecule has 0 heterocycles. The number of hydrogen-bond acceptors (Lipinski definition) is 5. The van der Waals surface area contributed by atoms with Crippen LogP contribution in [0.1, 0.15) is 15.9 Å². The van der Waals surface area contributed by atoms with Crippen molar-refractivity contribution in [2.24, 2.45) is 21.5 Å². The molecule has 0 saturated heterocycles. The Labute approximate surface area is 222 Å². The molecule has 3 rings (SSSR count). The summed E-state index contributed by atoms with van der Waals surface area (Å²) < 4.78 is 16.7. The molecule has 38 heavy (non-hydrogen) atoms. The van der Waals surface area contributed by atoms with E-state index in [1.807, 2.05) is 72.8 Å². The fourth-order valence-electron chi connectivity index (χ4n) is 3.19. The molecule has 200 valence electrons. The Kier molecular flexibility index (Phi) is 12.1. The minimum atomic E-state index is -0.124. The number of nitrogens with one attached hydrogen (secondary N) is 2. The molecule has 0 bridgehead atoms. The predicted octanol–water partition coefficient (Wildman–Crippen LogP) is 2.77. The third-order valence-electron chi connectivity index (χ3n) is 5.06. The first-order valence-corrected chi connectivity index (χ1v) is 12.3. The van der Waals surface area contributed by atoms with Gasteiger partial charge in [-0.25, -0.2) is 4.99 Å². The summed E-state index contributed by atoms with van der Waals surface area (Å²) in [5.74, 6) is 0.794. The number of ether oxygens (including phenoxy) is 3. The molecule has 10 nitrogen and oxygen atoms in total. The van der Waals surface area contributed by atoms with Crippen molar-refractivity contribution < 1.29 is 19.0 Å². The highest BCUT2D eigenvalue weighted by molar-refractivity contribution is 6.00. The van der Waals surface area contributed by atoms with Crippen LogP contribution in [0.15, 0.2) is 94.9 Å². The van der Waals surface area contributed by atoms with Crippen LogP contribution in [0.2, 0.25) is 0 Å². The van der Waals surface area contributed by atoms with Crippen molar-refractivity contribution in [3.63, 3.8) is 0 Å². The zero-order valence-corrected chi connectivity index (χ0v) is 21.2. The van der Waals surface area contributed by atoms with E-state index in [1.165, 1.54) is 0 Å². The Morgan fingerprint density at radius 2 is 1.45 bits per heavy atom. The summed E-state index contributed by atoms with van der Waals surface area (Å²) >= 11 is 0. The minimum absolute atomic E-state index is 0.0480. The van der Waals surface area contributed by atoms with Crippen LogP contribution in [-0.2, 0) is 16.1 Å². The Balaban J connectivity index is 1.23. The number of hydrogen-bond donors (Lipinski definition) is 4. The second-order valence-electron chi connectivity index (χ2n) is 8.01. The van der Waals surface area contributed by atoms with E-state index < -0.39 is 0 Å². The van der Waals surface area contributed by atoms with Gasteiger partial charge in [0.2, 0.25) is 11.9 Å². The zero-order valence-electron chi connectivity index (χ0n) is 21.2. The van der Waals surface area contributed by atoms with Crippen molar-refractivity contribution in [3.05, 3.63) is 96.1 Å². The smallest absolute Gasteiger partial charge is 0.251 e. The van der Waals surface area contributed by atoms with Crippen LogP contribution in [0.4, 0.5) is 5.69 Å². The number of carbonyl (C=O) groups is 1. The monoisotopic (exact) mass is 518 g/mol. The fourth-order valence-corrected chi connectivity index (χ4v) is 3.19. The molecule has 0 saturated carbocycles. The average molecular weight is 519 g/mol. The Bertz CT molecular complexity index is 1150. The second-order valence-corrected chi connectivity index (χ2v) is 8.01. The second kappa shape index (κ2) is 16.4. The molecule has 0 aliphatic rings. The Morgan fingerprint density at radius 3 is 2.16 bits per heavy atom. The lowest BCUT2D eigenvalue weighted by molar-refractivity contribution is 0.0512. The first kappa shape index (κ1) is 28.2. The van der Waals surface area contributed by atoms with Gasteiger partial charge in [0.1, 0.15) is 12.4 Å². The van der Waals surface area contributed by atoms with Gasteiger partial charge >= 0.3 is 0 Å². The lowest BCUT2D eigenvalue weighted by Gasteiger charge is -2.09. The summed E-state index contributed by atoms with van der Waals surface area (Å²) in [5, 5.41) is 5.76. The maximum Gasteiger partial charge on any atom is 0.251 e. The van der Waals surface area contributed by atoms with E-state index in [2.05, 4.69) is 20.6 Å². The van der Waals surface area contributed by atoms with E-state index in [0.717, 1.165) is 17.0 Å². The van der Waals surface area contributed by atoms with Crippen molar-refractivity contribution in [2.75, 3.05) is 44.8 Å². The predicted molar refractivity (Wildman–Crippen MR) is 149 cm³/mol. The number of nitrogens with two attached hydrogens (primary N) is 2. The van der Waals surface area contributed by atoms with Crippen molar-refractivity contribution >= 4 is 23.5 Å².